The summed E-state index contributed by atoms with van der Waals surface area (Å²) in [5.74, 6) is -3.27. The summed E-state index contributed by atoms with van der Waals surface area (Å²) >= 11 is 0. The van der Waals surface area contributed by atoms with Crippen molar-refractivity contribution in [1.82, 2.24) is 16.0 Å². The number of nitro groups is 1. The molecule has 1 aliphatic heterocycles. The number of benzene rings is 2. The second kappa shape index (κ2) is 15.6. The number of amides is 2. The van der Waals surface area contributed by atoms with Crippen LogP contribution in [0.1, 0.15) is 43.7 Å². The number of hydrogen-bond acceptors (Lipinski definition) is 9. The molecule has 1 aliphatic rings. The number of carbonyl (C=O) groups is 4. The zero-order chi connectivity index (χ0) is 30.6. The topological polar surface area (TPSA) is 166 Å². The number of nitrogens with zero attached hydrogens (tertiary/aromatic N) is 1. The first kappa shape index (κ1) is 32.2. The third-order valence-corrected chi connectivity index (χ3v) is 7.09. The maximum Gasteiger partial charge on any atom is 0.328 e. The van der Waals surface area contributed by atoms with Crippen molar-refractivity contribution in [1.29, 1.82) is 0 Å². The lowest BCUT2D eigenvalue weighted by molar-refractivity contribution is -0.530. The maximum atomic E-state index is 13.5. The molecule has 0 aliphatic carbocycles. The highest BCUT2D eigenvalue weighted by molar-refractivity contribution is 5.90. The summed E-state index contributed by atoms with van der Waals surface area (Å²) in [7, 11) is 1.22. The Bertz CT molecular complexity index is 1220. The zero-order valence-electron chi connectivity index (χ0n) is 24.0. The number of rotatable bonds is 11. The molecule has 1 unspecified atom stereocenters. The van der Waals surface area contributed by atoms with Crippen LogP contribution >= 0.6 is 0 Å². The third-order valence-electron chi connectivity index (χ3n) is 7.09. The lowest BCUT2D eigenvalue weighted by atomic mass is 9.85. The standard InChI is InChI=1S/C30H38N4O8/c1-19(2)14-24-30(38)42-18-26(34(39)40)22(21-12-8-5-9-13-21)16-23(32-24)28(36)31-17-27(35)33-25(29(37)41-3)15-20-10-6-4-7-11-20/h4-13,19,22-26,32H,14-18H2,1-3H3,(H,31,36)(H,33,35)/t22-,23?,24-,25-,26+/m0/s1. The number of methoxy groups -OCH3 is 1. The van der Waals surface area contributed by atoms with Crippen molar-refractivity contribution in [2.45, 2.75) is 63.2 Å². The molecule has 12 nitrogen and oxygen atoms in total. The average Bonchev–Trinajstić information content (AvgIpc) is 3.04. The van der Waals surface area contributed by atoms with Crippen molar-refractivity contribution in [2.75, 3.05) is 20.3 Å². The van der Waals surface area contributed by atoms with Gasteiger partial charge in [-0.15, -0.1) is 0 Å². The van der Waals surface area contributed by atoms with E-state index >= 15 is 0 Å². The van der Waals surface area contributed by atoms with E-state index in [4.69, 9.17) is 9.47 Å². The van der Waals surface area contributed by atoms with Gasteiger partial charge in [0.15, 0.2) is 6.61 Å². The number of ether oxygens (including phenoxy) is 2. The Hall–Kier alpha value is -4.32. The second-order valence-electron chi connectivity index (χ2n) is 10.7. The van der Waals surface area contributed by atoms with Gasteiger partial charge in [0.1, 0.15) is 12.1 Å². The summed E-state index contributed by atoms with van der Waals surface area (Å²) in [6.45, 7) is 2.91. The van der Waals surface area contributed by atoms with Gasteiger partial charge in [0, 0.05) is 11.3 Å². The van der Waals surface area contributed by atoms with Crippen molar-refractivity contribution in [2.24, 2.45) is 5.92 Å². The molecular formula is C30H38N4O8. The monoisotopic (exact) mass is 582 g/mol. The molecule has 3 N–H and O–H groups in total. The predicted molar refractivity (Wildman–Crippen MR) is 153 cm³/mol. The van der Waals surface area contributed by atoms with E-state index in [1.54, 1.807) is 30.3 Å². The summed E-state index contributed by atoms with van der Waals surface area (Å²) in [5, 5.41) is 20.3. The molecule has 0 bridgehead atoms. The van der Waals surface area contributed by atoms with Gasteiger partial charge in [0.05, 0.1) is 25.6 Å². The normalized spacial score (nSPS) is 21.6. The summed E-state index contributed by atoms with van der Waals surface area (Å²) in [5.41, 5.74) is 1.43. The van der Waals surface area contributed by atoms with Crippen LogP contribution < -0.4 is 16.0 Å². The van der Waals surface area contributed by atoms with E-state index in [0.29, 0.717) is 12.0 Å². The largest absolute Gasteiger partial charge is 0.467 e. The summed E-state index contributed by atoms with van der Waals surface area (Å²) in [6, 6.07) is 13.6. The van der Waals surface area contributed by atoms with Gasteiger partial charge < -0.3 is 20.1 Å². The summed E-state index contributed by atoms with van der Waals surface area (Å²) in [4.78, 5) is 63.1. The Balaban J connectivity index is 1.79. The molecule has 12 heteroatoms. The fourth-order valence-corrected chi connectivity index (χ4v) is 4.98. The minimum absolute atomic E-state index is 0.0207. The molecule has 1 heterocycles. The molecule has 226 valence electrons. The van der Waals surface area contributed by atoms with Crippen LogP contribution in [-0.4, -0.2) is 73.1 Å². The van der Waals surface area contributed by atoms with Crippen molar-refractivity contribution in [3.8, 4) is 0 Å². The number of esters is 2. The fraction of sp³-hybridized carbons (Fsp3) is 0.467. The summed E-state index contributed by atoms with van der Waals surface area (Å²) < 4.78 is 10.2. The molecule has 5 atom stereocenters. The first-order valence-corrected chi connectivity index (χ1v) is 13.9. The number of hydrogen-bond donors (Lipinski definition) is 3. The molecule has 2 aromatic carbocycles. The van der Waals surface area contributed by atoms with Crippen molar-refractivity contribution in [3.63, 3.8) is 0 Å². The van der Waals surface area contributed by atoms with E-state index in [-0.39, 0.29) is 18.8 Å². The molecule has 2 amide bonds. The molecule has 0 aromatic heterocycles. The lowest BCUT2D eigenvalue weighted by Crippen LogP contribution is -2.54. The molecule has 0 radical (unpaired) electrons. The Kier molecular flexibility index (Phi) is 12.0. The van der Waals surface area contributed by atoms with E-state index in [2.05, 4.69) is 16.0 Å². The van der Waals surface area contributed by atoms with E-state index in [0.717, 1.165) is 5.56 Å². The highest BCUT2D eigenvalue weighted by Gasteiger charge is 2.41. The molecule has 42 heavy (non-hydrogen) atoms. The van der Waals surface area contributed by atoms with Gasteiger partial charge in [-0.2, -0.15) is 0 Å². The quantitative estimate of drug-likeness (QED) is 0.203. The molecule has 3 rings (SSSR count). The number of cyclic esters (lactones) is 1. The zero-order valence-corrected chi connectivity index (χ0v) is 24.0. The van der Waals surface area contributed by atoms with E-state index in [1.807, 2.05) is 44.2 Å². The molecule has 1 saturated heterocycles. The van der Waals surface area contributed by atoms with Crippen LogP contribution in [0.3, 0.4) is 0 Å². The van der Waals surface area contributed by atoms with E-state index in [9.17, 15) is 29.3 Å². The minimum Gasteiger partial charge on any atom is -0.467 e. The van der Waals surface area contributed by atoms with Gasteiger partial charge in [0.25, 0.3) is 6.04 Å². The van der Waals surface area contributed by atoms with Crippen LogP contribution in [0.25, 0.3) is 0 Å². The second-order valence-corrected chi connectivity index (χ2v) is 10.7. The Morgan fingerprint density at radius 3 is 2.33 bits per heavy atom. The van der Waals surface area contributed by atoms with Gasteiger partial charge in [0.2, 0.25) is 11.8 Å². The third kappa shape index (κ3) is 9.37. The smallest absolute Gasteiger partial charge is 0.328 e. The van der Waals surface area contributed by atoms with Crippen LogP contribution in [0.4, 0.5) is 0 Å². The van der Waals surface area contributed by atoms with Gasteiger partial charge in [-0.3, -0.25) is 29.8 Å². The van der Waals surface area contributed by atoms with Gasteiger partial charge in [-0.05, 0) is 29.9 Å². The Morgan fingerprint density at radius 1 is 1.10 bits per heavy atom. The number of carbonyl (C=O) groups excluding carboxylic acids is 4. The van der Waals surface area contributed by atoms with Crippen molar-refractivity contribution in [3.05, 3.63) is 81.9 Å². The molecule has 2 aromatic rings. The Labute approximate surface area is 244 Å². The Morgan fingerprint density at radius 2 is 1.74 bits per heavy atom. The fourth-order valence-electron chi connectivity index (χ4n) is 4.98. The lowest BCUT2D eigenvalue weighted by Gasteiger charge is -2.26. The molecule has 0 spiro atoms. The maximum absolute atomic E-state index is 13.5. The summed E-state index contributed by atoms with van der Waals surface area (Å²) in [6.07, 6.45) is 0.507. The van der Waals surface area contributed by atoms with E-state index in [1.165, 1.54) is 7.11 Å². The average molecular weight is 583 g/mol. The molecule has 0 saturated carbocycles. The highest BCUT2D eigenvalue weighted by atomic mass is 16.6. The molecular weight excluding hydrogens is 544 g/mol. The minimum atomic E-state index is -1.28. The van der Waals surface area contributed by atoms with Gasteiger partial charge in [-0.1, -0.05) is 74.5 Å². The van der Waals surface area contributed by atoms with Crippen LogP contribution in [-0.2, 0) is 35.1 Å². The van der Waals surface area contributed by atoms with Crippen LogP contribution in [0.5, 0.6) is 0 Å². The SMILES string of the molecule is COC(=O)[C@H](Cc1ccccc1)NC(=O)CNC(=O)C1C[C@@H](c2ccccc2)[C@H]([N+](=O)[O-])COC(=O)[C@H](CC(C)C)N1. The number of nitrogens with one attached hydrogen (secondary N) is 3. The highest BCUT2D eigenvalue weighted by Crippen LogP contribution is 2.29. The van der Waals surface area contributed by atoms with Gasteiger partial charge in [-0.25, -0.2) is 4.79 Å². The van der Waals surface area contributed by atoms with Crippen LogP contribution in [0.2, 0.25) is 0 Å². The first-order chi connectivity index (χ1) is 20.1. The van der Waals surface area contributed by atoms with Crippen LogP contribution in [0.15, 0.2) is 60.7 Å². The predicted octanol–water partition coefficient (Wildman–Crippen LogP) is 1.75. The van der Waals surface area contributed by atoms with Crippen molar-refractivity contribution < 1.29 is 33.6 Å². The van der Waals surface area contributed by atoms with E-state index < -0.39 is 71.9 Å². The first-order valence-electron chi connectivity index (χ1n) is 13.9. The van der Waals surface area contributed by atoms with Gasteiger partial charge >= 0.3 is 11.9 Å². The van der Waals surface area contributed by atoms with Crippen LogP contribution in [0, 0.1) is 16.0 Å². The molecule has 1 fully saturated rings. The van der Waals surface area contributed by atoms with Crippen molar-refractivity contribution >= 4 is 23.8 Å².